The van der Waals surface area contributed by atoms with Gasteiger partial charge in [0.05, 0.1) is 20.3 Å². The first-order valence-corrected chi connectivity index (χ1v) is 10.3. The highest BCUT2D eigenvalue weighted by Gasteiger charge is 2.68. The zero-order valence-corrected chi connectivity index (χ0v) is 19.0. The Kier molecular flexibility index (Phi) is 8.23. The molecule has 0 spiro atoms. The third kappa shape index (κ3) is 4.97. The summed E-state index contributed by atoms with van der Waals surface area (Å²) in [6.45, 7) is 3.49. The van der Waals surface area contributed by atoms with Crippen LogP contribution in [0.15, 0.2) is 30.3 Å². The summed E-state index contributed by atoms with van der Waals surface area (Å²) in [6.07, 6.45) is -5.46. The van der Waals surface area contributed by atoms with Gasteiger partial charge < -0.3 is 43.0 Å². The number of carbonyl (C=O) groups is 1. The summed E-state index contributed by atoms with van der Waals surface area (Å²) < 4.78 is 44.9. The zero-order valence-electron chi connectivity index (χ0n) is 19.0. The van der Waals surface area contributed by atoms with Crippen molar-refractivity contribution in [2.75, 3.05) is 34.7 Å². The monoisotopic (exact) mass is 456 g/mol. The van der Waals surface area contributed by atoms with Gasteiger partial charge >= 0.3 is 5.97 Å². The Morgan fingerprint density at radius 2 is 1.88 bits per heavy atom. The minimum absolute atomic E-state index is 0.0446. The molecule has 0 bridgehead atoms. The molecule has 1 aromatic rings. The molecule has 32 heavy (non-hydrogen) atoms. The fourth-order valence-electron chi connectivity index (χ4n) is 4.02. The van der Waals surface area contributed by atoms with Gasteiger partial charge in [0.15, 0.2) is 12.1 Å². The summed E-state index contributed by atoms with van der Waals surface area (Å²) >= 11 is 0. The average Bonchev–Trinajstić information content (AvgIpc) is 3.33. The van der Waals surface area contributed by atoms with Crippen LogP contribution in [0.3, 0.4) is 0 Å². The van der Waals surface area contributed by atoms with Gasteiger partial charge in [-0.2, -0.15) is 0 Å². The Labute approximate surface area is 187 Å². The highest BCUT2D eigenvalue weighted by atomic mass is 16.8. The van der Waals surface area contributed by atoms with Gasteiger partial charge in [-0.05, 0) is 19.4 Å². The van der Waals surface area contributed by atoms with E-state index in [0.717, 1.165) is 5.56 Å². The molecule has 2 aliphatic heterocycles. The van der Waals surface area contributed by atoms with Gasteiger partial charge in [-0.3, -0.25) is 0 Å². The summed E-state index contributed by atoms with van der Waals surface area (Å²) in [6, 6.07) is 9.38. The largest absolute Gasteiger partial charge is 0.467 e. The second-order valence-corrected chi connectivity index (χ2v) is 8.07. The van der Waals surface area contributed by atoms with Crippen LogP contribution in [0.1, 0.15) is 19.4 Å². The molecule has 2 aliphatic rings. The number of hydrogen-bond donors (Lipinski definition) is 1. The van der Waals surface area contributed by atoms with E-state index < -0.39 is 48.1 Å². The quantitative estimate of drug-likeness (QED) is 0.404. The van der Waals surface area contributed by atoms with Crippen LogP contribution in [-0.4, -0.2) is 87.9 Å². The number of hydrogen-bond acceptors (Lipinski definition) is 10. The van der Waals surface area contributed by atoms with Crippen LogP contribution in [0.25, 0.3) is 0 Å². The molecule has 10 nitrogen and oxygen atoms in total. The second kappa shape index (κ2) is 10.5. The molecule has 0 saturated carbocycles. The SMILES string of the molecule is COCO[C@H]1[C@@H](OC)OC(C(=O)OC)(C(O)[C@H]2COC(C)(C)O2)[C@@H]1OCc1ccccc1. The lowest BCUT2D eigenvalue weighted by Crippen LogP contribution is -2.63. The predicted octanol–water partition coefficient (Wildman–Crippen LogP) is 0.988. The van der Waals surface area contributed by atoms with Crippen molar-refractivity contribution in [2.45, 2.75) is 62.5 Å². The maximum absolute atomic E-state index is 13.2. The van der Waals surface area contributed by atoms with E-state index in [1.165, 1.54) is 21.3 Å². The van der Waals surface area contributed by atoms with Crippen molar-refractivity contribution in [3.8, 4) is 0 Å². The lowest BCUT2D eigenvalue weighted by molar-refractivity contribution is -0.243. The Balaban J connectivity index is 1.98. The van der Waals surface area contributed by atoms with Gasteiger partial charge in [-0.1, -0.05) is 30.3 Å². The molecule has 0 aromatic heterocycles. The molecule has 6 atom stereocenters. The molecule has 3 rings (SSSR count). The zero-order chi connectivity index (χ0) is 23.4. The number of rotatable bonds is 10. The van der Waals surface area contributed by atoms with E-state index in [9.17, 15) is 9.90 Å². The highest BCUT2D eigenvalue weighted by molar-refractivity contribution is 5.82. The molecule has 0 amide bonds. The average molecular weight is 456 g/mol. The molecule has 2 heterocycles. The van der Waals surface area contributed by atoms with Gasteiger partial charge in [-0.15, -0.1) is 0 Å². The molecule has 180 valence electrons. The van der Waals surface area contributed by atoms with Crippen LogP contribution >= 0.6 is 0 Å². The van der Waals surface area contributed by atoms with Gasteiger partial charge in [-0.25, -0.2) is 4.79 Å². The lowest BCUT2D eigenvalue weighted by Gasteiger charge is -2.38. The molecule has 2 unspecified atom stereocenters. The number of benzene rings is 1. The van der Waals surface area contributed by atoms with Gasteiger partial charge in [0.1, 0.15) is 31.2 Å². The second-order valence-electron chi connectivity index (χ2n) is 8.07. The standard InChI is InChI=1S/C22H32O10/c1-21(2)30-12-15(31-21)17(23)22(20(24)27-5)18(28-11-14-9-7-6-8-10-14)16(29-13-25-3)19(26-4)32-22/h6-10,15-19,23H,11-13H2,1-5H3/t15-,16-,17?,18-,19+,22?/m1/s1. The van der Waals surface area contributed by atoms with Gasteiger partial charge in [0.25, 0.3) is 0 Å². The molecule has 0 aliphatic carbocycles. The number of ether oxygens (including phenoxy) is 8. The van der Waals surface area contributed by atoms with E-state index in [-0.39, 0.29) is 20.0 Å². The molecule has 2 saturated heterocycles. The Bertz CT molecular complexity index is 741. The number of aliphatic hydroxyl groups is 1. The molecule has 2 fully saturated rings. The van der Waals surface area contributed by atoms with Crippen molar-refractivity contribution in [1.29, 1.82) is 0 Å². The first kappa shape index (κ1) is 25.0. The van der Waals surface area contributed by atoms with Crippen molar-refractivity contribution in [3.63, 3.8) is 0 Å². The van der Waals surface area contributed by atoms with Gasteiger partial charge in [0.2, 0.25) is 5.60 Å². The van der Waals surface area contributed by atoms with Crippen molar-refractivity contribution in [3.05, 3.63) is 35.9 Å². The lowest BCUT2D eigenvalue weighted by atomic mass is 9.86. The van der Waals surface area contributed by atoms with Gasteiger partial charge in [0, 0.05) is 14.2 Å². The highest BCUT2D eigenvalue weighted by Crippen LogP contribution is 2.42. The van der Waals surface area contributed by atoms with Crippen LogP contribution in [0.5, 0.6) is 0 Å². The molecule has 1 aromatic carbocycles. The summed E-state index contributed by atoms with van der Waals surface area (Å²) in [5.74, 6) is -1.78. The maximum Gasteiger partial charge on any atom is 0.344 e. The number of aliphatic hydroxyl groups excluding tert-OH is 1. The smallest absolute Gasteiger partial charge is 0.344 e. The van der Waals surface area contributed by atoms with E-state index in [4.69, 9.17) is 37.9 Å². The fraction of sp³-hybridized carbons (Fsp3) is 0.682. The Morgan fingerprint density at radius 1 is 1.16 bits per heavy atom. The normalized spacial score (nSPS) is 32.7. The van der Waals surface area contributed by atoms with Crippen molar-refractivity contribution in [2.24, 2.45) is 0 Å². The summed E-state index contributed by atoms with van der Waals surface area (Å²) in [5, 5.41) is 11.4. The summed E-state index contributed by atoms with van der Waals surface area (Å²) in [5.41, 5.74) is -1.15. The minimum atomic E-state index is -2.00. The number of carbonyl (C=O) groups excluding carboxylic acids is 1. The van der Waals surface area contributed by atoms with E-state index in [1.807, 2.05) is 30.3 Å². The number of methoxy groups -OCH3 is 3. The van der Waals surface area contributed by atoms with E-state index in [1.54, 1.807) is 13.8 Å². The topological polar surface area (TPSA) is 111 Å². The minimum Gasteiger partial charge on any atom is -0.467 e. The van der Waals surface area contributed by atoms with E-state index in [0.29, 0.717) is 0 Å². The first-order valence-electron chi connectivity index (χ1n) is 10.3. The molecular weight excluding hydrogens is 424 g/mol. The molecular formula is C22H32O10. The molecule has 1 N–H and O–H groups in total. The number of esters is 1. The summed E-state index contributed by atoms with van der Waals surface area (Å²) in [4.78, 5) is 13.2. The predicted molar refractivity (Wildman–Crippen MR) is 109 cm³/mol. The Morgan fingerprint density at radius 3 is 2.44 bits per heavy atom. The molecule has 10 heteroatoms. The van der Waals surface area contributed by atoms with Crippen molar-refractivity contribution >= 4 is 5.97 Å². The maximum atomic E-state index is 13.2. The third-order valence-corrected chi connectivity index (χ3v) is 5.51. The third-order valence-electron chi connectivity index (χ3n) is 5.51. The van der Waals surface area contributed by atoms with Crippen molar-refractivity contribution < 1.29 is 47.8 Å². The van der Waals surface area contributed by atoms with Crippen LogP contribution < -0.4 is 0 Å². The first-order chi connectivity index (χ1) is 15.3. The van der Waals surface area contributed by atoms with Crippen LogP contribution in [0, 0.1) is 0 Å². The van der Waals surface area contributed by atoms with Crippen LogP contribution in [0.2, 0.25) is 0 Å². The fourth-order valence-corrected chi connectivity index (χ4v) is 4.02. The molecule has 0 radical (unpaired) electrons. The van der Waals surface area contributed by atoms with Crippen LogP contribution in [0.4, 0.5) is 0 Å². The summed E-state index contributed by atoms with van der Waals surface area (Å²) in [7, 11) is 4.07. The van der Waals surface area contributed by atoms with Crippen molar-refractivity contribution in [1.82, 2.24) is 0 Å². The van der Waals surface area contributed by atoms with E-state index >= 15 is 0 Å². The Hall–Kier alpha value is -1.63. The van der Waals surface area contributed by atoms with E-state index in [2.05, 4.69) is 0 Å². The van der Waals surface area contributed by atoms with Crippen LogP contribution in [-0.2, 0) is 49.3 Å².